The van der Waals surface area contributed by atoms with Gasteiger partial charge in [0.05, 0.1) is 6.54 Å². The number of tetrazole rings is 1. The van der Waals surface area contributed by atoms with Gasteiger partial charge in [-0.1, -0.05) is 78.9 Å². The third-order valence-electron chi connectivity index (χ3n) is 4.65. The summed E-state index contributed by atoms with van der Waals surface area (Å²) in [5.74, 6) is 0.834. The fourth-order valence-corrected chi connectivity index (χ4v) is 5.74. The standard InChI is InChI=1S/C22H22N5P/c1-26(17-22-23-24-25-27(22)2)20-15-9-10-16-21(20)28(18-11-5-3-6-12-18)19-13-7-4-8-14-19/h3-16H,17H2,1-2H3. The van der Waals surface area contributed by atoms with Crippen molar-refractivity contribution >= 4 is 29.5 Å². The summed E-state index contributed by atoms with van der Waals surface area (Å²) in [4.78, 5) is 2.22. The van der Waals surface area contributed by atoms with E-state index in [1.54, 1.807) is 4.68 Å². The largest absolute Gasteiger partial charge is 0.366 e. The molecule has 6 heteroatoms. The SMILES string of the molecule is CN(Cc1nnnn1C)c1ccccc1P(c1ccccc1)c1ccccc1. The molecular formula is C22H22N5P. The van der Waals surface area contributed by atoms with Crippen LogP contribution in [0.5, 0.6) is 0 Å². The molecule has 4 aromatic rings. The summed E-state index contributed by atoms with van der Waals surface area (Å²) in [6.07, 6.45) is 0. The van der Waals surface area contributed by atoms with Crippen molar-refractivity contribution in [3.63, 3.8) is 0 Å². The Labute approximate surface area is 166 Å². The van der Waals surface area contributed by atoms with Gasteiger partial charge in [0.2, 0.25) is 0 Å². The first-order valence-corrected chi connectivity index (χ1v) is 10.5. The van der Waals surface area contributed by atoms with Gasteiger partial charge in [0.15, 0.2) is 5.82 Å². The molecule has 1 heterocycles. The van der Waals surface area contributed by atoms with Crippen LogP contribution in [0.25, 0.3) is 0 Å². The van der Waals surface area contributed by atoms with E-state index in [-0.39, 0.29) is 0 Å². The highest BCUT2D eigenvalue weighted by Gasteiger charge is 2.21. The number of para-hydroxylation sites is 1. The first-order chi connectivity index (χ1) is 13.7. The first-order valence-electron chi connectivity index (χ1n) is 9.15. The Bertz CT molecular complexity index is 994. The summed E-state index contributed by atoms with van der Waals surface area (Å²) in [6.45, 7) is 0.646. The molecule has 0 saturated carbocycles. The minimum atomic E-state index is -0.670. The van der Waals surface area contributed by atoms with Gasteiger partial charge < -0.3 is 4.90 Å². The lowest BCUT2D eigenvalue weighted by Crippen LogP contribution is -2.28. The van der Waals surface area contributed by atoms with E-state index in [1.807, 2.05) is 7.05 Å². The Hall–Kier alpha value is -3.04. The van der Waals surface area contributed by atoms with Crippen LogP contribution in [-0.2, 0) is 13.6 Å². The Kier molecular flexibility index (Phi) is 5.45. The predicted molar refractivity (Wildman–Crippen MR) is 116 cm³/mol. The molecule has 0 saturated heterocycles. The summed E-state index contributed by atoms with van der Waals surface area (Å²) in [7, 11) is 3.29. The molecule has 0 atom stereocenters. The van der Waals surface area contributed by atoms with E-state index < -0.39 is 7.92 Å². The van der Waals surface area contributed by atoms with Crippen molar-refractivity contribution in [2.24, 2.45) is 7.05 Å². The highest BCUT2D eigenvalue weighted by molar-refractivity contribution is 7.80. The van der Waals surface area contributed by atoms with Crippen LogP contribution in [0.15, 0.2) is 84.9 Å². The van der Waals surface area contributed by atoms with Crippen LogP contribution in [0.2, 0.25) is 0 Å². The Balaban J connectivity index is 1.78. The summed E-state index contributed by atoms with van der Waals surface area (Å²) in [6, 6.07) is 30.1. The lowest BCUT2D eigenvalue weighted by atomic mass is 10.3. The van der Waals surface area contributed by atoms with Crippen molar-refractivity contribution in [2.75, 3.05) is 11.9 Å². The van der Waals surface area contributed by atoms with E-state index in [0.717, 1.165) is 5.82 Å². The molecule has 5 nitrogen and oxygen atoms in total. The maximum atomic E-state index is 4.14. The molecule has 0 unspecified atom stereocenters. The maximum Gasteiger partial charge on any atom is 0.170 e. The van der Waals surface area contributed by atoms with Gasteiger partial charge in [-0.25, -0.2) is 4.68 Å². The van der Waals surface area contributed by atoms with Gasteiger partial charge in [0.1, 0.15) is 0 Å². The molecule has 0 aliphatic rings. The zero-order valence-corrected chi connectivity index (χ0v) is 16.9. The average Bonchev–Trinajstić information content (AvgIpc) is 3.14. The number of anilines is 1. The van der Waals surface area contributed by atoms with E-state index in [2.05, 4.69) is 112 Å². The molecule has 0 bridgehead atoms. The molecule has 4 rings (SSSR count). The van der Waals surface area contributed by atoms with Crippen molar-refractivity contribution in [3.8, 4) is 0 Å². The molecule has 1 aromatic heterocycles. The highest BCUT2D eigenvalue weighted by Crippen LogP contribution is 2.36. The predicted octanol–water partition coefficient (Wildman–Crippen LogP) is 2.60. The quantitative estimate of drug-likeness (QED) is 0.477. The molecule has 0 fully saturated rings. The fraction of sp³-hybridized carbons (Fsp3) is 0.136. The molecule has 0 radical (unpaired) electrons. The second kappa shape index (κ2) is 8.32. The summed E-state index contributed by atoms with van der Waals surface area (Å²) >= 11 is 0. The van der Waals surface area contributed by atoms with Crippen molar-refractivity contribution in [1.82, 2.24) is 20.2 Å². The van der Waals surface area contributed by atoms with Gasteiger partial charge in [-0.3, -0.25) is 0 Å². The van der Waals surface area contributed by atoms with Gasteiger partial charge in [-0.2, -0.15) is 0 Å². The Morgan fingerprint density at radius 1 is 0.821 bits per heavy atom. The molecular weight excluding hydrogens is 365 g/mol. The number of benzene rings is 3. The number of rotatable bonds is 6. The maximum absolute atomic E-state index is 4.14. The minimum absolute atomic E-state index is 0.646. The number of hydrogen-bond acceptors (Lipinski definition) is 4. The Morgan fingerprint density at radius 3 is 1.96 bits per heavy atom. The highest BCUT2D eigenvalue weighted by atomic mass is 31.1. The minimum Gasteiger partial charge on any atom is -0.366 e. The second-order valence-corrected chi connectivity index (χ2v) is 8.76. The monoisotopic (exact) mass is 387 g/mol. The van der Waals surface area contributed by atoms with Crippen LogP contribution < -0.4 is 20.8 Å². The Morgan fingerprint density at radius 2 is 1.39 bits per heavy atom. The lowest BCUT2D eigenvalue weighted by Gasteiger charge is -2.27. The number of aryl methyl sites for hydroxylation is 1. The van der Waals surface area contributed by atoms with Crippen molar-refractivity contribution < 1.29 is 0 Å². The average molecular weight is 387 g/mol. The molecule has 0 aliphatic carbocycles. The molecule has 3 aromatic carbocycles. The van der Waals surface area contributed by atoms with E-state index in [1.165, 1.54) is 21.6 Å². The van der Waals surface area contributed by atoms with Crippen LogP contribution >= 0.6 is 7.92 Å². The van der Waals surface area contributed by atoms with Gasteiger partial charge >= 0.3 is 0 Å². The molecule has 28 heavy (non-hydrogen) atoms. The summed E-state index contributed by atoms with van der Waals surface area (Å²) in [5, 5.41) is 15.9. The third-order valence-corrected chi connectivity index (χ3v) is 7.14. The summed E-state index contributed by atoms with van der Waals surface area (Å²) < 4.78 is 1.72. The van der Waals surface area contributed by atoms with E-state index >= 15 is 0 Å². The molecule has 0 amide bonds. The normalized spacial score (nSPS) is 11.0. The molecule has 0 N–H and O–H groups in total. The fourth-order valence-electron chi connectivity index (χ4n) is 3.24. The van der Waals surface area contributed by atoms with E-state index in [0.29, 0.717) is 6.54 Å². The number of aromatic nitrogens is 4. The molecule has 140 valence electrons. The van der Waals surface area contributed by atoms with Crippen LogP contribution in [0, 0.1) is 0 Å². The van der Waals surface area contributed by atoms with Gasteiger partial charge in [0.25, 0.3) is 0 Å². The lowest BCUT2D eigenvalue weighted by molar-refractivity contribution is 0.670. The summed E-state index contributed by atoms with van der Waals surface area (Å²) in [5.41, 5.74) is 1.20. The van der Waals surface area contributed by atoms with Crippen molar-refractivity contribution in [3.05, 3.63) is 90.8 Å². The second-order valence-electron chi connectivity index (χ2n) is 6.57. The van der Waals surface area contributed by atoms with E-state index in [4.69, 9.17) is 0 Å². The van der Waals surface area contributed by atoms with Gasteiger partial charge in [-0.15, -0.1) is 5.10 Å². The topological polar surface area (TPSA) is 46.8 Å². The third kappa shape index (κ3) is 3.80. The van der Waals surface area contributed by atoms with Crippen LogP contribution in [0.3, 0.4) is 0 Å². The van der Waals surface area contributed by atoms with Crippen LogP contribution in [-0.4, -0.2) is 27.3 Å². The first kappa shape index (κ1) is 18.3. The van der Waals surface area contributed by atoms with Gasteiger partial charge in [0, 0.05) is 25.1 Å². The van der Waals surface area contributed by atoms with Crippen LogP contribution in [0.1, 0.15) is 5.82 Å². The van der Waals surface area contributed by atoms with Crippen LogP contribution in [0.4, 0.5) is 5.69 Å². The molecule has 0 aliphatic heterocycles. The van der Waals surface area contributed by atoms with Crippen molar-refractivity contribution in [1.29, 1.82) is 0 Å². The van der Waals surface area contributed by atoms with Gasteiger partial charge in [-0.05, 0) is 35.0 Å². The zero-order valence-electron chi connectivity index (χ0n) is 16.0. The smallest absolute Gasteiger partial charge is 0.170 e. The molecule has 0 spiro atoms. The number of nitrogens with zero attached hydrogens (tertiary/aromatic N) is 5. The van der Waals surface area contributed by atoms with E-state index in [9.17, 15) is 0 Å². The zero-order chi connectivity index (χ0) is 19.3. The number of hydrogen-bond donors (Lipinski definition) is 0. The van der Waals surface area contributed by atoms with Crippen molar-refractivity contribution in [2.45, 2.75) is 6.54 Å².